The van der Waals surface area contributed by atoms with Crippen LogP contribution in [-0.2, 0) is 19.1 Å². The van der Waals surface area contributed by atoms with Crippen molar-refractivity contribution in [1.82, 2.24) is 50.3 Å². The van der Waals surface area contributed by atoms with Gasteiger partial charge in [-0.3, -0.25) is 9.59 Å². The quantitative estimate of drug-likeness (QED) is 0.135. The second-order valence-corrected chi connectivity index (χ2v) is 16.3. The predicted molar refractivity (Wildman–Crippen MR) is 204 cm³/mol. The minimum atomic E-state index is -0.704. The average Bonchev–Trinajstić information content (AvgIpc) is 4.00. The number of likely N-dealkylation sites (tertiary alicyclic amines) is 2. The van der Waals surface area contributed by atoms with E-state index in [4.69, 9.17) is 19.4 Å². The smallest absolute Gasteiger partial charge is 0.407 e. The highest BCUT2D eigenvalue weighted by Crippen LogP contribution is 2.39. The van der Waals surface area contributed by atoms with E-state index in [1.54, 1.807) is 44.9 Å². The Bertz CT molecular complexity index is 1990. The van der Waals surface area contributed by atoms with E-state index in [9.17, 15) is 19.2 Å². The zero-order valence-corrected chi connectivity index (χ0v) is 32.6. The number of amides is 4. The van der Waals surface area contributed by atoms with Gasteiger partial charge in [-0.1, -0.05) is 27.7 Å². The molecule has 16 nitrogen and oxygen atoms in total. The van der Waals surface area contributed by atoms with Crippen LogP contribution in [0.25, 0.3) is 41.8 Å². The number of aromatic nitrogens is 6. The van der Waals surface area contributed by atoms with Crippen molar-refractivity contribution in [3.63, 3.8) is 0 Å². The Balaban J connectivity index is 1.07. The fraction of sp³-hybridized carbons (Fsp3) is 0.500. The van der Waals surface area contributed by atoms with Gasteiger partial charge in [-0.2, -0.15) is 0 Å². The predicted octanol–water partition coefficient (Wildman–Crippen LogP) is 5.77. The van der Waals surface area contributed by atoms with Gasteiger partial charge >= 0.3 is 12.2 Å². The van der Waals surface area contributed by atoms with Crippen LogP contribution < -0.4 is 10.6 Å². The number of thiazole rings is 2. The van der Waals surface area contributed by atoms with E-state index in [0.29, 0.717) is 24.7 Å². The normalized spacial score (nSPS) is 18.5. The van der Waals surface area contributed by atoms with Crippen molar-refractivity contribution >= 4 is 67.1 Å². The molecule has 5 aromatic rings. The summed E-state index contributed by atoms with van der Waals surface area (Å²) in [7, 11) is 2.57. The molecule has 6 heterocycles. The van der Waals surface area contributed by atoms with E-state index < -0.39 is 24.3 Å². The van der Waals surface area contributed by atoms with Crippen LogP contribution in [0.5, 0.6) is 0 Å². The molecule has 286 valence electrons. The lowest BCUT2D eigenvalue weighted by Gasteiger charge is -2.29. The lowest BCUT2D eigenvalue weighted by Crippen LogP contribution is -2.51. The maximum atomic E-state index is 13.6. The number of methoxy groups -OCH3 is 2. The SMILES string of the molecule is COC(=O)N[C@H](C(=O)N1CCC[C@H]1c1ncc(-c2nc3cc4nc(-c5cnc([C@@H]6CCCN6C(=O)[C@@H](NC(=O)OC)C(C)C)[nH]5)sc4cc3s2)[nH]1)C(C)C. The second kappa shape index (κ2) is 15.3. The van der Waals surface area contributed by atoms with Crippen LogP contribution in [0, 0.1) is 11.8 Å². The summed E-state index contributed by atoms with van der Waals surface area (Å²) < 4.78 is 11.5. The van der Waals surface area contributed by atoms with Gasteiger partial charge in [0, 0.05) is 13.1 Å². The first kappa shape index (κ1) is 37.2. The van der Waals surface area contributed by atoms with Gasteiger partial charge in [0.2, 0.25) is 11.8 Å². The van der Waals surface area contributed by atoms with Crippen molar-refractivity contribution in [2.24, 2.45) is 11.8 Å². The minimum Gasteiger partial charge on any atom is -0.453 e. The molecule has 0 spiro atoms. The lowest BCUT2D eigenvalue weighted by molar-refractivity contribution is -0.136. The Kier molecular flexibility index (Phi) is 10.6. The first-order valence-corrected chi connectivity index (χ1v) is 19.7. The van der Waals surface area contributed by atoms with Gasteiger partial charge in [0.1, 0.15) is 33.7 Å². The number of carbonyl (C=O) groups excluding carboxylic acids is 4. The topological polar surface area (TPSA) is 200 Å². The molecule has 2 fully saturated rings. The average molecular weight is 777 g/mol. The zero-order valence-electron chi connectivity index (χ0n) is 31.0. The molecule has 0 aliphatic carbocycles. The van der Waals surface area contributed by atoms with E-state index in [0.717, 1.165) is 67.5 Å². The van der Waals surface area contributed by atoms with Crippen molar-refractivity contribution in [1.29, 1.82) is 0 Å². The first-order chi connectivity index (χ1) is 25.9. The molecule has 2 aliphatic heterocycles. The highest BCUT2D eigenvalue weighted by atomic mass is 32.1. The number of nitrogens with zero attached hydrogens (tertiary/aromatic N) is 6. The van der Waals surface area contributed by atoms with Gasteiger partial charge in [0.15, 0.2) is 0 Å². The highest BCUT2D eigenvalue weighted by molar-refractivity contribution is 7.23. The van der Waals surface area contributed by atoms with Gasteiger partial charge in [-0.25, -0.2) is 29.5 Å². The number of carbonyl (C=O) groups is 4. The zero-order chi connectivity index (χ0) is 38.3. The lowest BCUT2D eigenvalue weighted by atomic mass is 10.0. The van der Waals surface area contributed by atoms with Crippen LogP contribution in [-0.4, -0.2) is 103 Å². The van der Waals surface area contributed by atoms with Crippen LogP contribution in [0.4, 0.5) is 9.59 Å². The van der Waals surface area contributed by atoms with Crippen LogP contribution >= 0.6 is 22.7 Å². The Hall–Kier alpha value is -5.10. The Morgan fingerprint density at radius 2 is 1.15 bits per heavy atom. The summed E-state index contributed by atoms with van der Waals surface area (Å²) in [4.78, 5) is 80.6. The number of imidazole rings is 2. The fourth-order valence-electron chi connectivity index (χ4n) is 7.20. The Morgan fingerprint density at radius 3 is 1.54 bits per heavy atom. The molecule has 0 bridgehead atoms. The number of nitrogens with one attached hydrogen (secondary N) is 4. The summed E-state index contributed by atoms with van der Waals surface area (Å²) in [5.74, 6) is 0.817. The maximum absolute atomic E-state index is 13.6. The van der Waals surface area contributed by atoms with E-state index in [-0.39, 0.29) is 35.7 Å². The molecule has 4 N–H and O–H groups in total. The molecule has 54 heavy (non-hydrogen) atoms. The van der Waals surface area contributed by atoms with E-state index in [1.165, 1.54) is 14.2 Å². The largest absolute Gasteiger partial charge is 0.453 e. The number of fused-ring (bicyclic) bond motifs is 2. The monoisotopic (exact) mass is 776 g/mol. The van der Waals surface area contributed by atoms with E-state index >= 15 is 0 Å². The molecule has 0 radical (unpaired) electrons. The maximum Gasteiger partial charge on any atom is 0.407 e. The number of benzene rings is 1. The number of hydrogen-bond acceptors (Lipinski definition) is 12. The Labute approximate surface area is 319 Å². The van der Waals surface area contributed by atoms with Gasteiger partial charge in [-0.15, -0.1) is 22.7 Å². The molecule has 4 amide bonds. The van der Waals surface area contributed by atoms with Crippen molar-refractivity contribution < 1.29 is 28.7 Å². The van der Waals surface area contributed by atoms with Gasteiger partial charge in [-0.05, 0) is 49.7 Å². The van der Waals surface area contributed by atoms with Crippen molar-refractivity contribution in [3.05, 3.63) is 36.2 Å². The summed E-state index contributed by atoms with van der Waals surface area (Å²) in [6.07, 6.45) is 5.42. The molecule has 2 aliphatic rings. The molecular weight excluding hydrogens is 733 g/mol. The van der Waals surface area contributed by atoms with Crippen LogP contribution in [0.2, 0.25) is 0 Å². The highest BCUT2D eigenvalue weighted by Gasteiger charge is 2.39. The number of hydrogen-bond donors (Lipinski definition) is 4. The molecule has 4 atom stereocenters. The Morgan fingerprint density at radius 1 is 0.722 bits per heavy atom. The standard InChI is InChI=1S/C36H44N10O6S2/c1-17(2)27(43-35(49)51-5)33(47)45-11-7-9-23(45)29-37-15-21(39-29)31-41-19-13-20-26(14-25(19)53-31)54-32(42-20)22-16-38-30(40-22)24-10-8-12-46(24)34(48)28(18(3)4)44-36(50)52-6/h13-18,23-24,27-28H,7-12H2,1-6H3,(H,37,39)(H,38,40)(H,43,49)(H,44,50)/t23-,24-,27-,28-/m0/s1. The number of aromatic amines is 2. The number of rotatable bonds is 10. The molecule has 0 unspecified atom stereocenters. The summed E-state index contributed by atoms with van der Waals surface area (Å²) in [5.41, 5.74) is 3.15. The van der Waals surface area contributed by atoms with Gasteiger partial charge in [0.05, 0.1) is 70.5 Å². The van der Waals surface area contributed by atoms with Crippen LogP contribution in [0.15, 0.2) is 24.5 Å². The third-order valence-corrected chi connectivity index (χ3v) is 12.1. The molecule has 7 rings (SSSR count). The third-order valence-electron chi connectivity index (χ3n) is 10.0. The first-order valence-electron chi connectivity index (χ1n) is 18.1. The number of H-pyrrole nitrogens is 2. The fourth-order valence-corrected chi connectivity index (χ4v) is 9.17. The molecular formula is C36H44N10O6S2. The molecule has 1 aromatic carbocycles. The summed E-state index contributed by atoms with van der Waals surface area (Å²) in [6, 6.07) is 2.18. The molecule has 18 heteroatoms. The summed E-state index contributed by atoms with van der Waals surface area (Å²) in [5, 5.41) is 6.93. The minimum absolute atomic E-state index is 0.119. The number of ether oxygens (including phenoxy) is 2. The van der Waals surface area contributed by atoms with Crippen LogP contribution in [0.1, 0.15) is 77.1 Å². The molecule has 2 saturated heterocycles. The second-order valence-electron chi connectivity index (χ2n) is 14.3. The van der Waals surface area contributed by atoms with E-state index in [1.807, 2.05) is 33.8 Å². The third kappa shape index (κ3) is 7.23. The van der Waals surface area contributed by atoms with Crippen LogP contribution in [0.3, 0.4) is 0 Å². The molecule has 4 aromatic heterocycles. The van der Waals surface area contributed by atoms with E-state index in [2.05, 4.69) is 36.6 Å². The summed E-state index contributed by atoms with van der Waals surface area (Å²) >= 11 is 3.09. The van der Waals surface area contributed by atoms with Crippen molar-refractivity contribution in [2.75, 3.05) is 27.3 Å². The van der Waals surface area contributed by atoms with Gasteiger partial charge < -0.3 is 39.9 Å². The van der Waals surface area contributed by atoms with Crippen molar-refractivity contribution in [2.45, 2.75) is 77.5 Å². The summed E-state index contributed by atoms with van der Waals surface area (Å²) in [6.45, 7) is 8.72. The van der Waals surface area contributed by atoms with Gasteiger partial charge in [0.25, 0.3) is 0 Å². The number of alkyl carbamates (subject to hydrolysis) is 2. The van der Waals surface area contributed by atoms with Crippen molar-refractivity contribution in [3.8, 4) is 21.4 Å². The molecule has 0 saturated carbocycles.